The number of rotatable bonds is 50. The first-order valence-corrected chi connectivity index (χ1v) is 28.2. The molecule has 0 fully saturated rings. The topological polar surface area (TPSA) is 78.9 Å². The van der Waals surface area contributed by atoms with Crippen molar-refractivity contribution in [1.82, 2.24) is 0 Å². The lowest BCUT2D eigenvalue weighted by molar-refractivity contribution is -0.167. The SMILES string of the molecule is CC/C=C\C/C=C\C/C=C\C/C=C\CCCCCCCCCCC(=O)OCC(COC(=O)CCCCCCC/C=C\CCC)OC(=O)CCCCCCCC/C=C\C/C=C\C/C=C\CCCCC. The maximum Gasteiger partial charge on any atom is 0.306 e. The van der Waals surface area contributed by atoms with Gasteiger partial charge in [-0.05, 0) is 116 Å². The lowest BCUT2D eigenvalue weighted by Crippen LogP contribution is -2.30. The summed E-state index contributed by atoms with van der Waals surface area (Å²) in [7, 11) is 0. The van der Waals surface area contributed by atoms with Gasteiger partial charge in [-0.15, -0.1) is 0 Å². The number of hydrogen-bond donors (Lipinski definition) is 0. The van der Waals surface area contributed by atoms with E-state index >= 15 is 0 Å². The van der Waals surface area contributed by atoms with Crippen molar-refractivity contribution >= 4 is 17.9 Å². The molecule has 0 aliphatic rings. The average Bonchev–Trinajstić information content (AvgIpc) is 3.34. The van der Waals surface area contributed by atoms with Crippen LogP contribution in [0.4, 0.5) is 0 Å². The van der Waals surface area contributed by atoms with Crippen LogP contribution in [-0.2, 0) is 28.6 Å². The Bertz CT molecular complexity index is 1360. The van der Waals surface area contributed by atoms with Gasteiger partial charge in [0.1, 0.15) is 13.2 Å². The van der Waals surface area contributed by atoms with Gasteiger partial charge in [0.2, 0.25) is 0 Å². The number of hydrogen-bond acceptors (Lipinski definition) is 6. The van der Waals surface area contributed by atoms with Gasteiger partial charge in [0.05, 0.1) is 0 Å². The minimum Gasteiger partial charge on any atom is -0.462 e. The molecule has 0 saturated heterocycles. The Morgan fingerprint density at radius 2 is 0.603 bits per heavy atom. The van der Waals surface area contributed by atoms with E-state index in [0.29, 0.717) is 19.3 Å². The fourth-order valence-electron chi connectivity index (χ4n) is 7.56. The molecule has 0 N–H and O–H groups in total. The summed E-state index contributed by atoms with van der Waals surface area (Å²) in [5.41, 5.74) is 0. The summed E-state index contributed by atoms with van der Waals surface area (Å²) < 4.78 is 16.8. The smallest absolute Gasteiger partial charge is 0.306 e. The van der Waals surface area contributed by atoms with Crippen molar-refractivity contribution in [3.63, 3.8) is 0 Å². The molecule has 0 aromatic carbocycles. The Labute approximate surface area is 419 Å². The zero-order valence-corrected chi connectivity index (χ0v) is 44.3. The van der Waals surface area contributed by atoms with E-state index in [4.69, 9.17) is 14.2 Å². The van der Waals surface area contributed by atoms with E-state index < -0.39 is 6.10 Å². The molecule has 0 aliphatic carbocycles. The molecule has 0 saturated carbocycles. The lowest BCUT2D eigenvalue weighted by Gasteiger charge is -2.18. The van der Waals surface area contributed by atoms with E-state index in [0.717, 1.165) is 135 Å². The summed E-state index contributed by atoms with van der Waals surface area (Å²) in [6.45, 7) is 6.42. The highest BCUT2D eigenvalue weighted by Crippen LogP contribution is 2.14. The highest BCUT2D eigenvalue weighted by Gasteiger charge is 2.19. The standard InChI is InChI=1S/C62H104O6/c1-4-7-10-13-16-19-22-24-26-28-30-31-33-34-36-38-40-43-46-49-52-55-61(64)67-58-59(57-66-60(63)54-51-48-45-42-21-18-15-12-9-6-3)68-62(65)56-53-50-47-44-41-39-37-35-32-29-27-25-23-20-17-14-11-8-5-2/h7,10,12,15-17,19-20,24-27,30-32,35,59H,4-6,8-9,11,13-14,18,21-23,28-29,33-34,36-58H2,1-3H3/b10-7-,15-12-,19-16-,20-17-,26-24-,27-25-,31-30-,35-32-. The van der Waals surface area contributed by atoms with Crippen LogP contribution in [0.15, 0.2) is 97.2 Å². The fraction of sp³-hybridized carbons (Fsp3) is 0.694. The Balaban J connectivity index is 4.36. The van der Waals surface area contributed by atoms with Gasteiger partial charge in [-0.3, -0.25) is 14.4 Å². The molecule has 6 heteroatoms. The first-order chi connectivity index (χ1) is 33.5. The van der Waals surface area contributed by atoms with Crippen LogP contribution in [0.5, 0.6) is 0 Å². The highest BCUT2D eigenvalue weighted by atomic mass is 16.6. The molecule has 0 spiro atoms. The Hall–Kier alpha value is -3.67. The van der Waals surface area contributed by atoms with Gasteiger partial charge in [-0.2, -0.15) is 0 Å². The second-order valence-electron chi connectivity index (χ2n) is 18.5. The first kappa shape index (κ1) is 64.3. The number of esters is 3. The number of allylic oxidation sites excluding steroid dienone is 16. The third-order valence-electron chi connectivity index (χ3n) is 11.8. The molecule has 6 nitrogen and oxygen atoms in total. The zero-order chi connectivity index (χ0) is 49.3. The van der Waals surface area contributed by atoms with Crippen LogP contribution in [0, 0.1) is 0 Å². The maximum atomic E-state index is 12.8. The van der Waals surface area contributed by atoms with E-state index in [1.807, 2.05) is 0 Å². The minimum absolute atomic E-state index is 0.0905. The number of carbonyl (C=O) groups is 3. The van der Waals surface area contributed by atoms with Crippen molar-refractivity contribution in [2.75, 3.05) is 13.2 Å². The summed E-state index contributed by atoms with van der Waals surface area (Å²) >= 11 is 0. The van der Waals surface area contributed by atoms with Crippen LogP contribution in [0.3, 0.4) is 0 Å². The van der Waals surface area contributed by atoms with E-state index in [2.05, 4.69) is 118 Å². The van der Waals surface area contributed by atoms with Gasteiger partial charge in [-0.1, -0.05) is 221 Å². The van der Waals surface area contributed by atoms with Crippen LogP contribution >= 0.6 is 0 Å². The van der Waals surface area contributed by atoms with Gasteiger partial charge in [-0.25, -0.2) is 0 Å². The molecule has 0 aromatic rings. The van der Waals surface area contributed by atoms with Crippen molar-refractivity contribution in [1.29, 1.82) is 0 Å². The first-order valence-electron chi connectivity index (χ1n) is 28.2. The van der Waals surface area contributed by atoms with E-state index in [9.17, 15) is 14.4 Å². The lowest BCUT2D eigenvalue weighted by atomic mass is 10.1. The van der Waals surface area contributed by atoms with Crippen LogP contribution in [-0.4, -0.2) is 37.2 Å². The zero-order valence-electron chi connectivity index (χ0n) is 44.3. The third-order valence-corrected chi connectivity index (χ3v) is 11.8. The summed E-state index contributed by atoms with van der Waals surface area (Å²) in [4.78, 5) is 38.1. The summed E-state index contributed by atoms with van der Waals surface area (Å²) in [6, 6.07) is 0. The van der Waals surface area contributed by atoms with Gasteiger partial charge in [0, 0.05) is 19.3 Å². The highest BCUT2D eigenvalue weighted by molar-refractivity contribution is 5.71. The fourth-order valence-corrected chi connectivity index (χ4v) is 7.56. The Kier molecular flexibility index (Phi) is 52.9. The van der Waals surface area contributed by atoms with E-state index in [1.165, 1.54) is 83.5 Å². The molecule has 0 amide bonds. The van der Waals surface area contributed by atoms with E-state index in [1.54, 1.807) is 0 Å². The predicted molar refractivity (Wildman–Crippen MR) is 293 cm³/mol. The Morgan fingerprint density at radius 1 is 0.309 bits per heavy atom. The van der Waals surface area contributed by atoms with Crippen LogP contribution < -0.4 is 0 Å². The molecule has 0 bridgehead atoms. The molecule has 0 aromatic heterocycles. The van der Waals surface area contributed by atoms with Gasteiger partial charge < -0.3 is 14.2 Å². The monoisotopic (exact) mass is 945 g/mol. The maximum absolute atomic E-state index is 12.8. The van der Waals surface area contributed by atoms with Crippen molar-refractivity contribution in [3.8, 4) is 0 Å². The predicted octanol–water partition coefficient (Wildman–Crippen LogP) is 18.9. The third kappa shape index (κ3) is 53.3. The van der Waals surface area contributed by atoms with E-state index in [-0.39, 0.29) is 31.1 Å². The molecule has 1 atom stereocenters. The molecule has 388 valence electrons. The van der Waals surface area contributed by atoms with Crippen molar-refractivity contribution in [2.45, 2.75) is 264 Å². The molecule has 0 radical (unpaired) electrons. The second kappa shape index (κ2) is 55.9. The largest absolute Gasteiger partial charge is 0.462 e. The molecule has 68 heavy (non-hydrogen) atoms. The molecule has 0 heterocycles. The van der Waals surface area contributed by atoms with Crippen LogP contribution in [0.1, 0.15) is 258 Å². The normalized spacial score (nSPS) is 12.8. The number of ether oxygens (including phenoxy) is 3. The van der Waals surface area contributed by atoms with Crippen LogP contribution in [0.2, 0.25) is 0 Å². The van der Waals surface area contributed by atoms with Gasteiger partial charge in [0.25, 0.3) is 0 Å². The molecule has 0 rings (SSSR count). The Morgan fingerprint density at radius 3 is 0.971 bits per heavy atom. The second-order valence-corrected chi connectivity index (χ2v) is 18.5. The number of unbranched alkanes of at least 4 members (excludes halogenated alkanes) is 23. The minimum atomic E-state index is -0.792. The molecular formula is C62H104O6. The van der Waals surface area contributed by atoms with Crippen molar-refractivity contribution < 1.29 is 28.6 Å². The average molecular weight is 946 g/mol. The number of carbonyl (C=O) groups excluding carboxylic acids is 3. The molecule has 1 unspecified atom stereocenters. The summed E-state index contributed by atoms with van der Waals surface area (Å²) in [5, 5.41) is 0. The van der Waals surface area contributed by atoms with Gasteiger partial charge >= 0.3 is 17.9 Å². The van der Waals surface area contributed by atoms with Gasteiger partial charge in [0.15, 0.2) is 6.10 Å². The quantitative estimate of drug-likeness (QED) is 0.0262. The summed E-state index contributed by atoms with van der Waals surface area (Å²) in [5.74, 6) is -0.920. The van der Waals surface area contributed by atoms with Crippen molar-refractivity contribution in [2.24, 2.45) is 0 Å². The van der Waals surface area contributed by atoms with Crippen molar-refractivity contribution in [3.05, 3.63) is 97.2 Å². The van der Waals surface area contributed by atoms with Crippen LogP contribution in [0.25, 0.3) is 0 Å². The molecular weight excluding hydrogens is 841 g/mol. The molecule has 0 aliphatic heterocycles. The summed E-state index contributed by atoms with van der Waals surface area (Å²) in [6.07, 6.45) is 74.0.